The van der Waals surface area contributed by atoms with E-state index in [1.165, 1.54) is 0 Å². The summed E-state index contributed by atoms with van der Waals surface area (Å²) in [5.74, 6) is -1.49. The molecule has 0 aromatic heterocycles. The lowest BCUT2D eigenvalue weighted by molar-refractivity contribution is 0.182. The largest absolute Gasteiger partial charge is 0.493 e. The van der Waals surface area contributed by atoms with Gasteiger partial charge in [0.15, 0.2) is 0 Å². The highest BCUT2D eigenvalue weighted by molar-refractivity contribution is 7.88. The minimum Gasteiger partial charge on any atom is -0.493 e. The Balaban J connectivity index is 1.63. The van der Waals surface area contributed by atoms with Crippen LogP contribution < -0.4 is 9.46 Å². The molecular formula is C17H17F2NO4S. The second kappa shape index (κ2) is 7.07. The molecule has 1 heterocycles. The summed E-state index contributed by atoms with van der Waals surface area (Å²) in [6.07, 6.45) is -0.294. The molecule has 1 aliphatic rings. The molecule has 0 spiro atoms. The Morgan fingerprint density at radius 3 is 2.60 bits per heavy atom. The van der Waals surface area contributed by atoms with Crippen molar-refractivity contribution in [1.82, 2.24) is 4.72 Å². The maximum absolute atomic E-state index is 13.1. The molecule has 0 radical (unpaired) electrons. The number of hydrogen-bond acceptors (Lipinski definition) is 4. The van der Waals surface area contributed by atoms with Crippen LogP contribution in [0.5, 0.6) is 5.75 Å². The van der Waals surface area contributed by atoms with Gasteiger partial charge in [0.2, 0.25) is 10.0 Å². The molecule has 134 valence electrons. The fourth-order valence-corrected chi connectivity index (χ4v) is 3.82. The highest BCUT2D eigenvalue weighted by atomic mass is 32.2. The molecule has 8 heteroatoms. The van der Waals surface area contributed by atoms with Crippen LogP contribution in [0.25, 0.3) is 0 Å². The molecular weight excluding hydrogens is 352 g/mol. The van der Waals surface area contributed by atoms with Gasteiger partial charge in [0.1, 0.15) is 17.4 Å². The third kappa shape index (κ3) is 4.53. The van der Waals surface area contributed by atoms with Gasteiger partial charge in [-0.3, -0.25) is 0 Å². The first kappa shape index (κ1) is 17.8. The lowest BCUT2D eigenvalue weighted by Gasteiger charge is -2.14. The van der Waals surface area contributed by atoms with Crippen LogP contribution in [0.3, 0.4) is 0 Å². The number of sulfonamides is 1. The molecule has 25 heavy (non-hydrogen) atoms. The van der Waals surface area contributed by atoms with Gasteiger partial charge in [0.25, 0.3) is 0 Å². The zero-order valence-corrected chi connectivity index (χ0v) is 14.0. The Morgan fingerprint density at radius 2 is 1.88 bits per heavy atom. The lowest BCUT2D eigenvalue weighted by atomic mass is 10.0. The third-order valence-corrected chi connectivity index (χ3v) is 5.19. The standard InChI is InChI=1S/C17H17F2NO4S/c18-14-5-11(6-15(19)8-14)10-25(22,23)20-9-16(21)12-1-2-17-13(7-12)3-4-24-17/h1-2,5-8,16,20-21H,3-4,9-10H2. The minimum atomic E-state index is -3.85. The van der Waals surface area contributed by atoms with Crippen molar-refractivity contribution in [3.05, 3.63) is 64.7 Å². The van der Waals surface area contributed by atoms with Crippen LogP contribution in [0.1, 0.15) is 22.8 Å². The number of ether oxygens (including phenoxy) is 1. The number of aliphatic hydroxyl groups excluding tert-OH is 1. The topological polar surface area (TPSA) is 75.6 Å². The van der Waals surface area contributed by atoms with Crippen LogP contribution in [0, 0.1) is 11.6 Å². The molecule has 0 fully saturated rings. The van der Waals surface area contributed by atoms with Crippen molar-refractivity contribution in [1.29, 1.82) is 0 Å². The summed E-state index contributed by atoms with van der Waals surface area (Å²) >= 11 is 0. The second-order valence-electron chi connectivity index (χ2n) is 5.87. The van der Waals surface area contributed by atoms with Crippen LogP contribution in [0.15, 0.2) is 36.4 Å². The van der Waals surface area contributed by atoms with Crippen LogP contribution in [-0.2, 0) is 22.2 Å². The van der Waals surface area contributed by atoms with E-state index in [1.54, 1.807) is 18.2 Å². The first-order valence-electron chi connectivity index (χ1n) is 7.68. The molecule has 0 bridgehead atoms. The smallest absolute Gasteiger partial charge is 0.215 e. The summed E-state index contributed by atoms with van der Waals surface area (Å²) in [5.41, 5.74) is 1.53. The molecule has 1 unspecified atom stereocenters. The fourth-order valence-electron chi connectivity index (χ4n) is 2.70. The van der Waals surface area contributed by atoms with E-state index in [0.717, 1.165) is 29.9 Å². The molecule has 0 amide bonds. The molecule has 1 aliphatic heterocycles. The highest BCUT2D eigenvalue weighted by Crippen LogP contribution is 2.28. The minimum absolute atomic E-state index is 0.00540. The zero-order chi connectivity index (χ0) is 18.0. The monoisotopic (exact) mass is 369 g/mol. The Labute approximate surface area is 144 Å². The lowest BCUT2D eigenvalue weighted by Crippen LogP contribution is -2.29. The number of benzene rings is 2. The highest BCUT2D eigenvalue weighted by Gasteiger charge is 2.18. The first-order chi connectivity index (χ1) is 11.8. The predicted octanol–water partition coefficient (Wildman–Crippen LogP) is 2.05. The Hall–Kier alpha value is -2.03. The molecule has 5 nitrogen and oxygen atoms in total. The van der Waals surface area contributed by atoms with Crippen LogP contribution in [-0.4, -0.2) is 26.7 Å². The van der Waals surface area contributed by atoms with Crippen molar-refractivity contribution in [3.8, 4) is 5.75 Å². The van der Waals surface area contributed by atoms with Crippen molar-refractivity contribution < 1.29 is 27.0 Å². The number of fused-ring (bicyclic) bond motifs is 1. The van der Waals surface area contributed by atoms with Gasteiger partial charge >= 0.3 is 0 Å². The van der Waals surface area contributed by atoms with Crippen molar-refractivity contribution in [2.75, 3.05) is 13.2 Å². The quantitative estimate of drug-likeness (QED) is 0.817. The molecule has 0 saturated carbocycles. The zero-order valence-electron chi connectivity index (χ0n) is 13.2. The van der Waals surface area contributed by atoms with E-state index in [9.17, 15) is 22.3 Å². The van der Waals surface area contributed by atoms with E-state index in [0.29, 0.717) is 18.2 Å². The summed E-state index contributed by atoms with van der Waals surface area (Å²) in [5, 5.41) is 10.2. The molecule has 1 atom stereocenters. The van der Waals surface area contributed by atoms with Gasteiger partial charge in [-0.2, -0.15) is 0 Å². The van der Waals surface area contributed by atoms with Gasteiger partial charge in [-0.15, -0.1) is 0 Å². The maximum Gasteiger partial charge on any atom is 0.215 e. The van der Waals surface area contributed by atoms with E-state index in [2.05, 4.69) is 4.72 Å². The number of halogens is 2. The Bertz CT molecular complexity index is 866. The Kier molecular flexibility index (Phi) is 5.03. The van der Waals surface area contributed by atoms with Crippen molar-refractivity contribution in [2.24, 2.45) is 0 Å². The number of hydrogen-bond donors (Lipinski definition) is 2. The van der Waals surface area contributed by atoms with Crippen LogP contribution >= 0.6 is 0 Å². The van der Waals surface area contributed by atoms with Crippen molar-refractivity contribution in [2.45, 2.75) is 18.3 Å². The van der Waals surface area contributed by atoms with Gasteiger partial charge < -0.3 is 9.84 Å². The maximum atomic E-state index is 13.1. The summed E-state index contributed by atoms with van der Waals surface area (Å²) in [6, 6.07) is 7.78. The van der Waals surface area contributed by atoms with E-state index in [4.69, 9.17) is 4.74 Å². The SMILES string of the molecule is O=S(=O)(Cc1cc(F)cc(F)c1)NCC(O)c1ccc2c(c1)CCO2. The number of nitrogens with one attached hydrogen (secondary N) is 1. The second-order valence-corrected chi connectivity index (χ2v) is 7.67. The fraction of sp³-hybridized carbons (Fsp3) is 0.294. The van der Waals surface area contributed by atoms with E-state index < -0.39 is 33.5 Å². The average molecular weight is 369 g/mol. The molecule has 2 aromatic carbocycles. The van der Waals surface area contributed by atoms with Crippen LogP contribution in [0.2, 0.25) is 0 Å². The van der Waals surface area contributed by atoms with E-state index in [1.807, 2.05) is 0 Å². The summed E-state index contributed by atoms with van der Waals surface area (Å²) in [4.78, 5) is 0. The van der Waals surface area contributed by atoms with Crippen LogP contribution in [0.4, 0.5) is 8.78 Å². The molecule has 2 aromatic rings. The summed E-state index contributed by atoms with van der Waals surface area (Å²) < 4.78 is 58.0. The average Bonchev–Trinajstić information content (AvgIpc) is 2.98. The molecule has 3 rings (SSSR count). The number of aliphatic hydroxyl groups is 1. The predicted molar refractivity (Wildman–Crippen MR) is 87.6 cm³/mol. The normalized spacial score (nSPS) is 14.8. The molecule has 0 saturated heterocycles. The summed E-state index contributed by atoms with van der Waals surface area (Å²) in [7, 11) is -3.85. The van der Waals surface area contributed by atoms with Crippen molar-refractivity contribution in [3.63, 3.8) is 0 Å². The molecule has 0 aliphatic carbocycles. The van der Waals surface area contributed by atoms with E-state index >= 15 is 0 Å². The van der Waals surface area contributed by atoms with Gasteiger partial charge in [0, 0.05) is 19.0 Å². The van der Waals surface area contributed by atoms with Gasteiger partial charge in [0.05, 0.1) is 18.5 Å². The molecule has 2 N–H and O–H groups in total. The van der Waals surface area contributed by atoms with Gasteiger partial charge in [-0.25, -0.2) is 21.9 Å². The Morgan fingerprint density at radius 1 is 1.16 bits per heavy atom. The summed E-state index contributed by atoms with van der Waals surface area (Å²) in [6.45, 7) is 0.353. The van der Waals surface area contributed by atoms with Gasteiger partial charge in [-0.05, 0) is 41.0 Å². The number of rotatable bonds is 6. The van der Waals surface area contributed by atoms with Gasteiger partial charge in [-0.1, -0.05) is 6.07 Å². The van der Waals surface area contributed by atoms with Crippen molar-refractivity contribution >= 4 is 10.0 Å². The first-order valence-corrected chi connectivity index (χ1v) is 9.34. The van der Waals surface area contributed by atoms with E-state index in [-0.39, 0.29) is 12.1 Å². The third-order valence-electron chi connectivity index (χ3n) is 3.87.